The van der Waals surface area contributed by atoms with Crippen molar-refractivity contribution in [3.05, 3.63) is 63.5 Å². The third-order valence-electron chi connectivity index (χ3n) is 6.46. The summed E-state index contributed by atoms with van der Waals surface area (Å²) in [6, 6.07) is 12.0. The number of piperidine rings is 1. The summed E-state index contributed by atoms with van der Waals surface area (Å²) >= 11 is 1.69. The average molecular weight is 447 g/mol. The molecule has 5 rings (SSSR count). The predicted octanol–water partition coefficient (Wildman–Crippen LogP) is 5.34. The zero-order valence-corrected chi connectivity index (χ0v) is 19.0. The van der Waals surface area contributed by atoms with E-state index in [1.54, 1.807) is 11.3 Å². The van der Waals surface area contributed by atoms with E-state index in [0.29, 0.717) is 5.56 Å². The Morgan fingerprint density at radius 3 is 2.88 bits per heavy atom. The number of nitrogens with zero attached hydrogens (tertiary/aromatic N) is 2. The summed E-state index contributed by atoms with van der Waals surface area (Å²) in [5.74, 6) is -0.547. The number of allylic oxidation sites excluding steroid dienone is 1. The highest BCUT2D eigenvalue weighted by atomic mass is 32.1. The number of carbonyl (C=O) groups is 2. The summed E-state index contributed by atoms with van der Waals surface area (Å²) in [6.45, 7) is 2.58. The summed E-state index contributed by atoms with van der Waals surface area (Å²) < 4.78 is 5.59. The van der Waals surface area contributed by atoms with E-state index in [0.717, 1.165) is 66.4 Å². The van der Waals surface area contributed by atoms with Crippen LogP contribution in [0.3, 0.4) is 0 Å². The van der Waals surface area contributed by atoms with E-state index in [9.17, 15) is 9.59 Å². The molecule has 0 radical (unpaired) electrons. The molecule has 5 nitrogen and oxygen atoms in total. The minimum atomic E-state index is -0.435. The smallest absolute Gasteiger partial charge is 0.339 e. The average Bonchev–Trinajstić information content (AvgIpc) is 3.46. The van der Waals surface area contributed by atoms with E-state index in [2.05, 4.69) is 24.4 Å². The standard InChI is InChI=1S/C26H26N2O3S/c1-17-7-4-5-13-28(17)23(29)16-31-26(30)24-20-9-2-3-10-22(20)27-25-18(11-12-21(24)25)15-19-8-6-14-32-19/h2-3,6,8-10,14-15,17H,4-5,7,11-13,16H2,1H3/b18-15-/t17-/m1/s1. The van der Waals surface area contributed by atoms with Crippen molar-refractivity contribution in [2.24, 2.45) is 0 Å². The Bertz CT molecular complexity index is 1200. The largest absolute Gasteiger partial charge is 0.452 e. The second-order valence-corrected chi connectivity index (χ2v) is 9.50. The lowest BCUT2D eigenvalue weighted by Crippen LogP contribution is -2.44. The molecule has 0 saturated carbocycles. The van der Waals surface area contributed by atoms with Crippen molar-refractivity contribution in [2.45, 2.75) is 45.1 Å². The molecule has 6 heteroatoms. The zero-order valence-electron chi connectivity index (χ0n) is 18.2. The SMILES string of the molecule is C[C@@H]1CCCCN1C(=O)COC(=O)c1c2c(nc3ccccc13)/C(=C\c1cccs1)CC2. The Balaban J connectivity index is 1.46. The fourth-order valence-electron chi connectivity index (χ4n) is 4.81. The van der Waals surface area contributed by atoms with Crippen molar-refractivity contribution in [1.82, 2.24) is 9.88 Å². The molecule has 1 fully saturated rings. The maximum atomic E-state index is 13.3. The molecule has 1 saturated heterocycles. The van der Waals surface area contributed by atoms with Crippen LogP contribution in [0.5, 0.6) is 0 Å². The van der Waals surface area contributed by atoms with E-state index < -0.39 is 5.97 Å². The Morgan fingerprint density at radius 2 is 2.06 bits per heavy atom. The van der Waals surface area contributed by atoms with Crippen LogP contribution in [0.4, 0.5) is 0 Å². The number of ether oxygens (including phenoxy) is 1. The molecule has 3 heterocycles. The predicted molar refractivity (Wildman–Crippen MR) is 128 cm³/mol. The van der Waals surface area contributed by atoms with E-state index in [-0.39, 0.29) is 18.6 Å². The number of likely N-dealkylation sites (tertiary alicyclic amines) is 1. The number of hydrogen-bond acceptors (Lipinski definition) is 5. The van der Waals surface area contributed by atoms with Gasteiger partial charge in [0.05, 0.1) is 16.8 Å². The Labute approximate surface area is 191 Å². The van der Waals surface area contributed by atoms with Gasteiger partial charge in [-0.15, -0.1) is 11.3 Å². The molecular formula is C26H26N2O3S. The molecule has 1 aliphatic heterocycles. The van der Waals surface area contributed by atoms with Crippen LogP contribution in [-0.2, 0) is 16.0 Å². The number of rotatable bonds is 4. The van der Waals surface area contributed by atoms with Crippen LogP contribution < -0.4 is 0 Å². The minimum absolute atomic E-state index is 0.112. The van der Waals surface area contributed by atoms with Gasteiger partial charge in [-0.3, -0.25) is 4.79 Å². The Kier molecular flexibility index (Phi) is 5.79. The molecule has 1 aromatic carbocycles. The Hall–Kier alpha value is -2.99. The molecule has 0 unspecified atom stereocenters. The van der Waals surface area contributed by atoms with Gasteiger partial charge in [-0.2, -0.15) is 0 Å². The number of pyridine rings is 1. The third-order valence-corrected chi connectivity index (χ3v) is 7.27. The quantitative estimate of drug-likeness (QED) is 0.508. The first-order valence-corrected chi connectivity index (χ1v) is 12.1. The summed E-state index contributed by atoms with van der Waals surface area (Å²) in [5.41, 5.74) is 4.27. The van der Waals surface area contributed by atoms with Gasteiger partial charge in [-0.25, -0.2) is 9.78 Å². The number of amides is 1. The van der Waals surface area contributed by atoms with Crippen molar-refractivity contribution in [2.75, 3.05) is 13.2 Å². The number of esters is 1. The van der Waals surface area contributed by atoms with Crippen molar-refractivity contribution in [1.29, 1.82) is 0 Å². The number of thiophene rings is 1. The van der Waals surface area contributed by atoms with Gasteiger partial charge in [-0.05, 0) is 73.8 Å². The molecule has 164 valence electrons. The van der Waals surface area contributed by atoms with Crippen LogP contribution in [0, 0.1) is 0 Å². The molecule has 1 aliphatic carbocycles. The van der Waals surface area contributed by atoms with Crippen molar-refractivity contribution < 1.29 is 14.3 Å². The fourth-order valence-corrected chi connectivity index (χ4v) is 5.49. The first-order valence-electron chi connectivity index (χ1n) is 11.2. The fraction of sp³-hybridized carbons (Fsp3) is 0.346. The molecule has 0 spiro atoms. The molecule has 1 amide bonds. The van der Waals surface area contributed by atoms with Gasteiger partial charge in [0.1, 0.15) is 0 Å². The number of benzene rings is 1. The number of para-hydroxylation sites is 1. The van der Waals surface area contributed by atoms with Gasteiger partial charge in [0, 0.05) is 22.8 Å². The van der Waals surface area contributed by atoms with Gasteiger partial charge in [0.2, 0.25) is 0 Å². The van der Waals surface area contributed by atoms with Gasteiger partial charge >= 0.3 is 5.97 Å². The zero-order chi connectivity index (χ0) is 22.1. The van der Waals surface area contributed by atoms with E-state index >= 15 is 0 Å². The van der Waals surface area contributed by atoms with Crippen molar-refractivity contribution in [3.8, 4) is 0 Å². The lowest BCUT2D eigenvalue weighted by Gasteiger charge is -2.33. The van der Waals surface area contributed by atoms with Gasteiger partial charge in [0.25, 0.3) is 5.91 Å². The molecular weight excluding hydrogens is 420 g/mol. The topological polar surface area (TPSA) is 59.5 Å². The van der Waals surface area contributed by atoms with Gasteiger partial charge in [-0.1, -0.05) is 24.3 Å². The number of hydrogen-bond donors (Lipinski definition) is 0. The maximum absolute atomic E-state index is 13.3. The molecule has 2 aromatic heterocycles. The third kappa shape index (κ3) is 3.95. The molecule has 2 aliphatic rings. The normalized spacial score (nSPS) is 19.3. The summed E-state index contributed by atoms with van der Waals surface area (Å²) in [5, 5.41) is 2.84. The lowest BCUT2D eigenvalue weighted by atomic mass is 10.0. The van der Waals surface area contributed by atoms with Crippen LogP contribution in [-0.4, -0.2) is 41.0 Å². The van der Waals surface area contributed by atoms with E-state index in [1.165, 1.54) is 4.88 Å². The highest BCUT2D eigenvalue weighted by Gasteiger charge is 2.29. The highest BCUT2D eigenvalue weighted by Crippen LogP contribution is 2.38. The summed E-state index contributed by atoms with van der Waals surface area (Å²) in [7, 11) is 0. The van der Waals surface area contributed by atoms with E-state index in [4.69, 9.17) is 9.72 Å². The molecule has 0 N–H and O–H groups in total. The molecule has 1 atom stereocenters. The Morgan fingerprint density at radius 1 is 1.19 bits per heavy atom. The second-order valence-electron chi connectivity index (χ2n) is 8.52. The van der Waals surface area contributed by atoms with Crippen LogP contribution >= 0.6 is 11.3 Å². The minimum Gasteiger partial charge on any atom is -0.452 e. The highest BCUT2D eigenvalue weighted by molar-refractivity contribution is 7.10. The van der Waals surface area contributed by atoms with E-state index in [1.807, 2.05) is 35.2 Å². The first kappa shape index (κ1) is 20.9. The molecule has 32 heavy (non-hydrogen) atoms. The molecule has 3 aromatic rings. The first-order chi connectivity index (χ1) is 15.6. The van der Waals surface area contributed by atoms with Crippen LogP contribution in [0.1, 0.15) is 59.1 Å². The van der Waals surface area contributed by atoms with Gasteiger partial charge < -0.3 is 9.64 Å². The van der Waals surface area contributed by atoms with Crippen LogP contribution in [0.15, 0.2) is 41.8 Å². The second kappa shape index (κ2) is 8.87. The molecule has 0 bridgehead atoms. The number of aromatic nitrogens is 1. The summed E-state index contributed by atoms with van der Waals surface area (Å²) in [4.78, 5) is 33.9. The number of fused-ring (bicyclic) bond motifs is 2. The van der Waals surface area contributed by atoms with Crippen molar-refractivity contribution in [3.63, 3.8) is 0 Å². The number of carbonyl (C=O) groups excluding carboxylic acids is 2. The van der Waals surface area contributed by atoms with Crippen LogP contribution in [0.2, 0.25) is 0 Å². The van der Waals surface area contributed by atoms with Crippen molar-refractivity contribution >= 4 is 45.8 Å². The maximum Gasteiger partial charge on any atom is 0.339 e. The monoisotopic (exact) mass is 446 g/mol. The summed E-state index contributed by atoms with van der Waals surface area (Å²) in [6.07, 6.45) is 6.89. The van der Waals surface area contributed by atoms with Gasteiger partial charge in [0.15, 0.2) is 6.61 Å². The van der Waals surface area contributed by atoms with Crippen LogP contribution in [0.25, 0.3) is 22.6 Å². The lowest BCUT2D eigenvalue weighted by molar-refractivity contribution is -0.137.